The maximum Gasteiger partial charge on any atom is 0.258 e. The van der Waals surface area contributed by atoms with E-state index in [0.717, 1.165) is 11.3 Å². The van der Waals surface area contributed by atoms with E-state index in [2.05, 4.69) is 10.3 Å². The van der Waals surface area contributed by atoms with E-state index in [1.54, 1.807) is 23.2 Å². The fraction of sp³-hybridized carbons (Fsp3) is 0.235. The van der Waals surface area contributed by atoms with Gasteiger partial charge in [-0.15, -0.1) is 11.8 Å². The second-order valence-electron chi connectivity index (χ2n) is 5.17. The van der Waals surface area contributed by atoms with Gasteiger partial charge in [0.2, 0.25) is 5.91 Å². The summed E-state index contributed by atoms with van der Waals surface area (Å²) in [6.45, 7) is 2.61. The largest absolute Gasteiger partial charge is 0.322 e. The molecule has 5 nitrogen and oxygen atoms in total. The van der Waals surface area contributed by atoms with Gasteiger partial charge in [0.15, 0.2) is 0 Å². The minimum Gasteiger partial charge on any atom is -0.322 e. The number of pyridine rings is 1. The van der Waals surface area contributed by atoms with E-state index in [0.29, 0.717) is 29.2 Å². The second-order valence-corrected chi connectivity index (χ2v) is 5.97. The lowest BCUT2D eigenvalue weighted by atomic mass is 10.1. The lowest BCUT2D eigenvalue weighted by Crippen LogP contribution is -2.25. The summed E-state index contributed by atoms with van der Waals surface area (Å²) in [4.78, 5) is 30.3. The predicted octanol–water partition coefficient (Wildman–Crippen LogP) is 2.96. The number of nitrogens with one attached hydrogen (secondary N) is 1. The van der Waals surface area contributed by atoms with Gasteiger partial charge < -0.3 is 10.2 Å². The zero-order valence-corrected chi connectivity index (χ0v) is 13.8. The van der Waals surface area contributed by atoms with Crippen molar-refractivity contribution in [1.29, 1.82) is 0 Å². The Bertz CT molecular complexity index is 776. The van der Waals surface area contributed by atoms with Crippen molar-refractivity contribution >= 4 is 35.0 Å². The van der Waals surface area contributed by atoms with E-state index in [1.807, 2.05) is 31.4 Å². The molecule has 0 saturated heterocycles. The summed E-state index contributed by atoms with van der Waals surface area (Å²) in [7, 11) is 0. The molecule has 0 fully saturated rings. The maximum absolute atomic E-state index is 12.4. The van der Waals surface area contributed by atoms with Gasteiger partial charge in [-0.25, -0.2) is 4.98 Å². The number of carbonyl (C=O) groups is 2. The number of nitrogens with zero attached hydrogens (tertiary/aromatic N) is 2. The third-order valence-corrected chi connectivity index (χ3v) is 4.51. The molecule has 0 atom stereocenters. The van der Waals surface area contributed by atoms with Crippen LogP contribution < -0.4 is 10.2 Å². The number of benzene rings is 1. The monoisotopic (exact) mass is 327 g/mol. The molecule has 2 amide bonds. The van der Waals surface area contributed by atoms with Gasteiger partial charge in [-0.3, -0.25) is 9.59 Å². The molecule has 2 heterocycles. The number of hydrogen-bond donors (Lipinski definition) is 1. The third kappa shape index (κ3) is 2.94. The Kier molecular flexibility index (Phi) is 4.34. The summed E-state index contributed by atoms with van der Waals surface area (Å²) in [5.41, 5.74) is 3.12. The zero-order chi connectivity index (χ0) is 16.4. The Balaban J connectivity index is 1.83. The van der Waals surface area contributed by atoms with Crippen LogP contribution in [-0.4, -0.2) is 29.6 Å². The lowest BCUT2D eigenvalue weighted by molar-refractivity contribution is -0.117. The van der Waals surface area contributed by atoms with Crippen LogP contribution in [0.25, 0.3) is 0 Å². The van der Waals surface area contributed by atoms with Crippen LogP contribution in [0, 0.1) is 0 Å². The van der Waals surface area contributed by atoms with Gasteiger partial charge in [-0.1, -0.05) is 0 Å². The first-order chi connectivity index (χ1) is 11.1. The van der Waals surface area contributed by atoms with Crippen molar-refractivity contribution in [1.82, 2.24) is 4.98 Å². The molecule has 0 unspecified atom stereocenters. The molecule has 1 N–H and O–H groups in total. The molecule has 23 heavy (non-hydrogen) atoms. The molecule has 0 radical (unpaired) electrons. The molecule has 0 bridgehead atoms. The van der Waals surface area contributed by atoms with Crippen molar-refractivity contribution in [3.8, 4) is 0 Å². The van der Waals surface area contributed by atoms with Gasteiger partial charge >= 0.3 is 0 Å². The SMILES string of the molecule is CCN1C(=O)Cc2cc(NC(=O)c3cccnc3SC)ccc21. The Morgan fingerprint density at radius 1 is 1.39 bits per heavy atom. The normalized spacial score (nSPS) is 13.1. The first-order valence-electron chi connectivity index (χ1n) is 7.37. The smallest absolute Gasteiger partial charge is 0.258 e. The highest BCUT2D eigenvalue weighted by Crippen LogP contribution is 2.31. The Hall–Kier alpha value is -2.34. The van der Waals surface area contributed by atoms with Gasteiger partial charge in [-0.05, 0) is 49.1 Å². The van der Waals surface area contributed by atoms with Crippen LogP contribution >= 0.6 is 11.8 Å². The van der Waals surface area contributed by atoms with Crippen LogP contribution in [0.4, 0.5) is 11.4 Å². The molecule has 0 spiro atoms. The van der Waals surface area contributed by atoms with Crippen LogP contribution in [0.1, 0.15) is 22.8 Å². The first-order valence-corrected chi connectivity index (χ1v) is 8.60. The van der Waals surface area contributed by atoms with Gasteiger partial charge in [-0.2, -0.15) is 0 Å². The summed E-state index contributed by atoms with van der Waals surface area (Å²) in [6, 6.07) is 9.08. The van der Waals surface area contributed by atoms with Gasteiger partial charge in [0.1, 0.15) is 5.03 Å². The van der Waals surface area contributed by atoms with Crippen LogP contribution in [0.15, 0.2) is 41.6 Å². The van der Waals surface area contributed by atoms with E-state index in [4.69, 9.17) is 0 Å². The summed E-state index contributed by atoms with van der Waals surface area (Å²) in [6.07, 6.45) is 3.94. The fourth-order valence-electron chi connectivity index (χ4n) is 2.73. The lowest BCUT2D eigenvalue weighted by Gasteiger charge is -2.15. The van der Waals surface area contributed by atoms with Crippen LogP contribution in [-0.2, 0) is 11.2 Å². The molecule has 1 aromatic carbocycles. The summed E-state index contributed by atoms with van der Waals surface area (Å²) >= 11 is 1.43. The Morgan fingerprint density at radius 3 is 2.96 bits per heavy atom. The van der Waals surface area contributed by atoms with Crippen molar-refractivity contribution < 1.29 is 9.59 Å². The molecule has 1 aliphatic rings. The van der Waals surface area contributed by atoms with Crippen molar-refractivity contribution in [2.24, 2.45) is 0 Å². The highest BCUT2D eigenvalue weighted by Gasteiger charge is 2.26. The van der Waals surface area contributed by atoms with Crippen molar-refractivity contribution in [2.75, 3.05) is 23.0 Å². The zero-order valence-electron chi connectivity index (χ0n) is 13.0. The molecule has 0 saturated carbocycles. The molecular weight excluding hydrogens is 310 g/mol. The minimum absolute atomic E-state index is 0.0999. The number of hydrogen-bond acceptors (Lipinski definition) is 4. The molecular formula is C17H17N3O2S. The number of amides is 2. The maximum atomic E-state index is 12.4. The molecule has 6 heteroatoms. The van der Waals surface area contributed by atoms with Gasteiger partial charge in [0.05, 0.1) is 12.0 Å². The summed E-state index contributed by atoms with van der Waals surface area (Å²) in [5.74, 6) is -0.0954. The molecule has 3 rings (SSSR count). The average Bonchev–Trinajstić information content (AvgIpc) is 2.88. The number of aromatic nitrogens is 1. The van der Waals surface area contributed by atoms with Crippen molar-refractivity contribution in [3.05, 3.63) is 47.7 Å². The molecule has 1 aromatic heterocycles. The summed E-state index contributed by atoms with van der Waals surface area (Å²) in [5, 5.41) is 3.58. The summed E-state index contributed by atoms with van der Waals surface area (Å²) < 4.78 is 0. The van der Waals surface area contributed by atoms with Crippen LogP contribution in [0.3, 0.4) is 0 Å². The van der Waals surface area contributed by atoms with Crippen LogP contribution in [0.2, 0.25) is 0 Å². The van der Waals surface area contributed by atoms with E-state index >= 15 is 0 Å². The molecule has 2 aromatic rings. The van der Waals surface area contributed by atoms with E-state index in [9.17, 15) is 9.59 Å². The van der Waals surface area contributed by atoms with Crippen LogP contribution in [0.5, 0.6) is 0 Å². The number of likely N-dealkylation sites (N-methyl/N-ethyl adjacent to an activating group) is 1. The topological polar surface area (TPSA) is 62.3 Å². The Morgan fingerprint density at radius 2 is 2.22 bits per heavy atom. The average molecular weight is 327 g/mol. The number of carbonyl (C=O) groups excluding carboxylic acids is 2. The highest BCUT2D eigenvalue weighted by atomic mass is 32.2. The third-order valence-electron chi connectivity index (χ3n) is 3.80. The number of rotatable bonds is 4. The molecule has 0 aliphatic carbocycles. The fourth-order valence-corrected chi connectivity index (χ4v) is 3.28. The number of thioether (sulfide) groups is 1. The molecule has 118 valence electrons. The van der Waals surface area contributed by atoms with Crippen molar-refractivity contribution in [3.63, 3.8) is 0 Å². The van der Waals surface area contributed by atoms with E-state index in [-0.39, 0.29) is 11.8 Å². The molecule has 1 aliphatic heterocycles. The standard InChI is InChI=1S/C17H17N3O2S/c1-3-20-14-7-6-12(9-11(14)10-15(20)21)19-16(22)13-5-4-8-18-17(13)23-2/h4-9H,3,10H2,1-2H3,(H,19,22). The minimum atomic E-state index is -0.195. The van der Waals surface area contributed by atoms with Crippen molar-refractivity contribution in [2.45, 2.75) is 18.4 Å². The Labute approximate surface area is 139 Å². The predicted molar refractivity (Wildman–Crippen MR) is 92.1 cm³/mol. The van der Waals surface area contributed by atoms with E-state index in [1.165, 1.54) is 11.8 Å². The van der Waals surface area contributed by atoms with Gasteiger partial charge in [0, 0.05) is 24.1 Å². The second kappa shape index (κ2) is 6.42. The number of fused-ring (bicyclic) bond motifs is 1. The van der Waals surface area contributed by atoms with Gasteiger partial charge in [0.25, 0.3) is 5.91 Å². The van der Waals surface area contributed by atoms with E-state index < -0.39 is 0 Å². The number of anilines is 2. The highest BCUT2D eigenvalue weighted by molar-refractivity contribution is 7.98. The quantitative estimate of drug-likeness (QED) is 0.877. The first kappa shape index (κ1) is 15.6.